The van der Waals surface area contributed by atoms with E-state index in [4.69, 9.17) is 19.6 Å². The highest BCUT2D eigenvalue weighted by atomic mass is 16.5. The molecule has 0 saturated carbocycles. The number of nitrogens with one attached hydrogen (secondary N) is 1. The first-order valence-electron chi connectivity index (χ1n) is 10.2. The second kappa shape index (κ2) is 10.2. The molecule has 0 aromatic heterocycles. The molecule has 0 saturated heterocycles. The number of hydrogen-bond donors (Lipinski definition) is 2. The van der Waals surface area contributed by atoms with E-state index in [0.29, 0.717) is 31.1 Å². The van der Waals surface area contributed by atoms with E-state index in [1.54, 1.807) is 25.2 Å². The molecule has 31 heavy (non-hydrogen) atoms. The molecule has 2 aromatic carbocycles. The van der Waals surface area contributed by atoms with Crippen LogP contribution in [0.4, 0.5) is 0 Å². The number of ether oxygens (including phenoxy) is 2. The molecule has 0 fully saturated rings. The van der Waals surface area contributed by atoms with Gasteiger partial charge in [-0.3, -0.25) is 10.2 Å². The lowest BCUT2D eigenvalue weighted by atomic mass is 9.84. The van der Waals surface area contributed by atoms with Gasteiger partial charge in [-0.05, 0) is 29.8 Å². The fraction of sp³-hybridized carbons (Fsp3) is 0.333. The molecule has 1 heterocycles. The number of nitrogens with zero attached hydrogens (tertiary/aromatic N) is 2. The van der Waals surface area contributed by atoms with Crippen molar-refractivity contribution in [3.8, 4) is 5.75 Å². The first-order valence-corrected chi connectivity index (χ1v) is 10.2. The third kappa shape index (κ3) is 5.13. The molecule has 2 aromatic rings. The molecular weight excluding hydrogens is 394 g/mol. The minimum Gasteiger partial charge on any atom is -0.494 e. The van der Waals surface area contributed by atoms with Crippen LogP contribution < -0.4 is 10.2 Å². The van der Waals surface area contributed by atoms with Crippen molar-refractivity contribution in [2.75, 3.05) is 27.3 Å². The third-order valence-corrected chi connectivity index (χ3v) is 4.91. The Balaban J connectivity index is 1.96. The van der Waals surface area contributed by atoms with Crippen molar-refractivity contribution < 1.29 is 19.4 Å². The molecule has 1 aliphatic rings. The van der Waals surface area contributed by atoms with Crippen LogP contribution in [-0.4, -0.2) is 54.8 Å². The Morgan fingerprint density at radius 3 is 2.58 bits per heavy atom. The molecule has 0 radical (unpaired) electrons. The molecular formula is C24H29N3O4. The summed E-state index contributed by atoms with van der Waals surface area (Å²) in [7, 11) is 3.51. The smallest absolute Gasteiger partial charge is 0.266 e. The van der Waals surface area contributed by atoms with Crippen LogP contribution in [0.3, 0.4) is 0 Å². The monoisotopic (exact) mass is 423 g/mol. The second-order valence-corrected chi connectivity index (χ2v) is 7.53. The average molecular weight is 424 g/mol. The lowest BCUT2D eigenvalue weighted by Gasteiger charge is -2.30. The van der Waals surface area contributed by atoms with Crippen LogP contribution in [0.15, 0.2) is 72.2 Å². The van der Waals surface area contributed by atoms with E-state index in [-0.39, 0.29) is 12.5 Å². The van der Waals surface area contributed by atoms with E-state index in [0.717, 1.165) is 11.1 Å². The molecule has 1 amide bonds. The van der Waals surface area contributed by atoms with E-state index in [2.05, 4.69) is 12.0 Å². The van der Waals surface area contributed by atoms with Gasteiger partial charge in [0, 0.05) is 39.1 Å². The maximum Gasteiger partial charge on any atom is 0.266 e. The Hall–Kier alpha value is -3.16. The molecule has 0 unspecified atom stereocenters. The van der Waals surface area contributed by atoms with Crippen LogP contribution in [0, 0.1) is 0 Å². The van der Waals surface area contributed by atoms with Crippen molar-refractivity contribution in [2.45, 2.75) is 24.5 Å². The van der Waals surface area contributed by atoms with Gasteiger partial charge in [0.15, 0.2) is 11.6 Å². The van der Waals surface area contributed by atoms with Gasteiger partial charge in [0.1, 0.15) is 5.75 Å². The maximum absolute atomic E-state index is 13.3. The standard InChI is InChI=1S/C24H29N3O4/c1-4-15-24(23(29)26-27(2)3)21(18-9-6-5-7-10-18)31-22(25-24)19-11-13-20(14-12-19)30-17-8-16-28/h4-7,9-14,21,28H,1,8,15-17H2,2-3H3,(H,26,29)/t21-,24-/m0/s1. The number of aliphatic imine (C=N–C) groups is 1. The fourth-order valence-corrected chi connectivity index (χ4v) is 3.46. The summed E-state index contributed by atoms with van der Waals surface area (Å²) in [6.45, 7) is 4.38. The Morgan fingerprint density at radius 1 is 1.26 bits per heavy atom. The van der Waals surface area contributed by atoms with Gasteiger partial charge in [-0.1, -0.05) is 36.4 Å². The number of hydrogen-bond acceptors (Lipinski definition) is 6. The third-order valence-electron chi connectivity index (χ3n) is 4.91. The molecule has 0 bridgehead atoms. The van der Waals surface area contributed by atoms with Crippen molar-refractivity contribution in [1.29, 1.82) is 0 Å². The Morgan fingerprint density at radius 2 is 1.97 bits per heavy atom. The second-order valence-electron chi connectivity index (χ2n) is 7.53. The number of amides is 1. The maximum atomic E-state index is 13.3. The Labute approximate surface area is 183 Å². The van der Waals surface area contributed by atoms with Gasteiger partial charge in [0.05, 0.1) is 6.61 Å². The Kier molecular flexibility index (Phi) is 7.44. The predicted octanol–water partition coefficient (Wildman–Crippen LogP) is 2.87. The number of hydrazine groups is 1. The van der Waals surface area contributed by atoms with Gasteiger partial charge in [-0.15, -0.1) is 6.58 Å². The zero-order valence-electron chi connectivity index (χ0n) is 18.0. The van der Waals surface area contributed by atoms with Crippen molar-refractivity contribution in [3.63, 3.8) is 0 Å². The summed E-state index contributed by atoms with van der Waals surface area (Å²) in [5.41, 5.74) is 3.27. The molecule has 7 nitrogen and oxygen atoms in total. The predicted molar refractivity (Wildman–Crippen MR) is 120 cm³/mol. The van der Waals surface area contributed by atoms with Crippen LogP contribution in [-0.2, 0) is 9.53 Å². The summed E-state index contributed by atoms with van der Waals surface area (Å²) in [5.74, 6) is 0.829. The van der Waals surface area contributed by atoms with Crippen molar-refractivity contribution >= 4 is 11.8 Å². The van der Waals surface area contributed by atoms with Crippen LogP contribution in [0.1, 0.15) is 30.1 Å². The number of rotatable bonds is 10. The highest BCUT2D eigenvalue weighted by Crippen LogP contribution is 2.42. The van der Waals surface area contributed by atoms with Gasteiger partial charge < -0.3 is 14.6 Å². The summed E-state index contributed by atoms with van der Waals surface area (Å²) in [5, 5.41) is 10.5. The highest BCUT2D eigenvalue weighted by Gasteiger charge is 2.52. The molecule has 2 atom stereocenters. The number of aliphatic hydroxyl groups is 1. The first kappa shape index (κ1) is 22.5. The van der Waals surface area contributed by atoms with E-state index < -0.39 is 11.6 Å². The van der Waals surface area contributed by atoms with Crippen molar-refractivity contribution in [2.24, 2.45) is 4.99 Å². The Bertz CT molecular complexity index is 912. The van der Waals surface area contributed by atoms with Crippen LogP contribution in [0.25, 0.3) is 0 Å². The molecule has 164 valence electrons. The number of aliphatic hydroxyl groups excluding tert-OH is 1. The fourth-order valence-electron chi connectivity index (χ4n) is 3.46. The van der Waals surface area contributed by atoms with E-state index in [1.807, 2.05) is 54.6 Å². The minimum absolute atomic E-state index is 0.0873. The van der Waals surface area contributed by atoms with Crippen LogP contribution in [0.5, 0.6) is 5.75 Å². The lowest BCUT2D eigenvalue weighted by molar-refractivity contribution is -0.132. The topological polar surface area (TPSA) is 83.4 Å². The van der Waals surface area contributed by atoms with E-state index in [9.17, 15) is 4.79 Å². The summed E-state index contributed by atoms with van der Waals surface area (Å²) in [6, 6.07) is 17.0. The van der Waals surface area contributed by atoms with E-state index >= 15 is 0 Å². The number of benzene rings is 2. The summed E-state index contributed by atoms with van der Waals surface area (Å²) in [4.78, 5) is 18.1. The average Bonchev–Trinajstić information content (AvgIpc) is 3.16. The molecule has 1 aliphatic heterocycles. The zero-order valence-corrected chi connectivity index (χ0v) is 18.0. The summed E-state index contributed by atoms with van der Waals surface area (Å²) < 4.78 is 11.9. The molecule has 0 spiro atoms. The molecule has 0 aliphatic carbocycles. The largest absolute Gasteiger partial charge is 0.494 e. The quantitative estimate of drug-likeness (QED) is 0.349. The zero-order chi connectivity index (χ0) is 22.3. The highest BCUT2D eigenvalue weighted by molar-refractivity contribution is 6.01. The van der Waals surface area contributed by atoms with Gasteiger partial charge in [-0.25, -0.2) is 10.0 Å². The van der Waals surface area contributed by atoms with Gasteiger partial charge in [0.25, 0.3) is 5.91 Å². The summed E-state index contributed by atoms with van der Waals surface area (Å²) >= 11 is 0. The van der Waals surface area contributed by atoms with E-state index in [1.165, 1.54) is 0 Å². The lowest BCUT2D eigenvalue weighted by Crippen LogP contribution is -2.52. The van der Waals surface area contributed by atoms with Crippen LogP contribution >= 0.6 is 0 Å². The summed E-state index contributed by atoms with van der Waals surface area (Å²) in [6.07, 6.45) is 1.99. The SMILES string of the molecule is C=CC[C@]1(C(=O)NN(C)C)N=C(c2ccc(OCCCO)cc2)O[C@H]1c1ccccc1. The molecule has 2 N–H and O–H groups in total. The molecule has 3 rings (SSSR count). The normalized spacial score (nSPS) is 20.1. The van der Waals surface area contributed by atoms with Gasteiger partial charge in [-0.2, -0.15) is 0 Å². The van der Waals surface area contributed by atoms with Crippen LogP contribution in [0.2, 0.25) is 0 Å². The minimum atomic E-state index is -1.18. The number of carbonyl (C=O) groups excluding carboxylic acids is 1. The van der Waals surface area contributed by atoms with Gasteiger partial charge >= 0.3 is 0 Å². The van der Waals surface area contributed by atoms with Crippen molar-refractivity contribution in [3.05, 3.63) is 78.4 Å². The van der Waals surface area contributed by atoms with Crippen molar-refractivity contribution in [1.82, 2.24) is 10.4 Å². The first-order chi connectivity index (χ1) is 15.0. The molecule has 7 heteroatoms. The number of carbonyl (C=O) groups is 1. The van der Waals surface area contributed by atoms with Gasteiger partial charge in [0.2, 0.25) is 5.90 Å².